The number of methoxy groups -OCH3 is 1. The molecule has 1 fully saturated rings. The monoisotopic (exact) mass is 520 g/mol. The number of carbonyl (C=O) groups is 5. The summed E-state index contributed by atoms with van der Waals surface area (Å²) in [6.07, 6.45) is -5.15. The number of nitrogens with one attached hydrogen (secondary N) is 2. The van der Waals surface area contributed by atoms with Gasteiger partial charge in [0.1, 0.15) is 18.8 Å². The van der Waals surface area contributed by atoms with E-state index in [-0.39, 0.29) is 11.4 Å². The quantitative estimate of drug-likeness (QED) is 0.376. The largest absolute Gasteiger partial charge is 0.464 e. The fourth-order valence-corrected chi connectivity index (χ4v) is 3.99. The van der Waals surface area contributed by atoms with Crippen molar-refractivity contribution in [2.75, 3.05) is 13.7 Å². The van der Waals surface area contributed by atoms with Crippen molar-refractivity contribution >= 4 is 40.7 Å². The standard InChI is InChI=1S/C24H28N2O11/c1-11(27)25-19-22(35-14(4)30)21(34-13(3)29)17(10-33-12(2)28)36-24(19)37-20-15-8-6-7-9-16(15)26-18(20)23(31)32-5/h6-9,17,19,21-22,24,26H,10H2,1-5H3,(H,25,27)/t17?,19?,21-,22-,24?/m1/s1. The molecular weight excluding hydrogens is 492 g/mol. The van der Waals surface area contributed by atoms with Crippen molar-refractivity contribution in [2.24, 2.45) is 0 Å². The van der Waals surface area contributed by atoms with Gasteiger partial charge >= 0.3 is 23.9 Å². The summed E-state index contributed by atoms with van der Waals surface area (Å²) in [6, 6.07) is 5.66. The minimum absolute atomic E-state index is 0.0310. The molecule has 37 heavy (non-hydrogen) atoms. The molecule has 1 amide bonds. The molecule has 2 N–H and O–H groups in total. The number of amides is 1. The molecule has 13 nitrogen and oxygen atoms in total. The molecule has 0 saturated carbocycles. The lowest BCUT2D eigenvalue weighted by Crippen LogP contribution is -2.67. The first-order valence-corrected chi connectivity index (χ1v) is 11.3. The third-order valence-corrected chi connectivity index (χ3v) is 5.35. The van der Waals surface area contributed by atoms with Gasteiger partial charge in [0.25, 0.3) is 0 Å². The molecule has 0 radical (unpaired) electrons. The molecule has 0 spiro atoms. The van der Waals surface area contributed by atoms with Crippen molar-refractivity contribution < 1.29 is 52.4 Å². The fraction of sp³-hybridized carbons (Fsp3) is 0.458. The van der Waals surface area contributed by atoms with Gasteiger partial charge in [-0.2, -0.15) is 0 Å². The van der Waals surface area contributed by atoms with E-state index in [1.807, 2.05) is 0 Å². The smallest absolute Gasteiger partial charge is 0.358 e. The van der Waals surface area contributed by atoms with Gasteiger partial charge in [-0.25, -0.2) is 4.79 Å². The Labute approximate surface area is 211 Å². The number of aromatic nitrogens is 1. The number of rotatable bonds is 8. The lowest BCUT2D eigenvalue weighted by molar-refractivity contribution is -0.257. The van der Waals surface area contributed by atoms with Crippen LogP contribution in [0, 0.1) is 0 Å². The SMILES string of the molecule is COC(=O)c1[nH]c2ccccc2c1OC1OC(COC(C)=O)[C@@H](OC(C)=O)[C@H](OC(C)=O)C1NC(C)=O. The zero-order valence-electron chi connectivity index (χ0n) is 20.9. The summed E-state index contributed by atoms with van der Waals surface area (Å²) in [5, 5.41) is 3.10. The molecule has 0 bridgehead atoms. The number of esters is 4. The number of hydrogen-bond donors (Lipinski definition) is 2. The third-order valence-electron chi connectivity index (χ3n) is 5.35. The van der Waals surface area contributed by atoms with E-state index in [1.54, 1.807) is 24.3 Å². The molecule has 5 atom stereocenters. The normalized spacial score (nSPS) is 23.0. The molecule has 1 aromatic heterocycles. The molecule has 3 unspecified atom stereocenters. The van der Waals surface area contributed by atoms with E-state index in [0.29, 0.717) is 10.9 Å². The van der Waals surface area contributed by atoms with Crippen molar-refractivity contribution in [1.82, 2.24) is 10.3 Å². The van der Waals surface area contributed by atoms with Crippen LogP contribution in [0.1, 0.15) is 38.2 Å². The first kappa shape index (κ1) is 27.5. The first-order chi connectivity index (χ1) is 17.5. The van der Waals surface area contributed by atoms with Gasteiger partial charge in [-0.1, -0.05) is 12.1 Å². The van der Waals surface area contributed by atoms with Crippen LogP contribution in [0.5, 0.6) is 5.75 Å². The zero-order valence-corrected chi connectivity index (χ0v) is 20.9. The van der Waals surface area contributed by atoms with E-state index in [1.165, 1.54) is 21.0 Å². The summed E-state index contributed by atoms with van der Waals surface area (Å²) in [4.78, 5) is 63.0. The Balaban J connectivity index is 2.11. The third kappa shape index (κ3) is 6.55. The first-order valence-electron chi connectivity index (χ1n) is 11.3. The number of hydrogen-bond acceptors (Lipinski definition) is 11. The molecule has 13 heteroatoms. The van der Waals surface area contributed by atoms with Gasteiger partial charge in [0, 0.05) is 38.6 Å². The molecule has 1 saturated heterocycles. The Hall–Kier alpha value is -4.13. The molecular formula is C24H28N2O11. The van der Waals surface area contributed by atoms with Gasteiger partial charge < -0.3 is 38.7 Å². The number of carbonyl (C=O) groups excluding carboxylic acids is 5. The molecule has 1 aromatic carbocycles. The Morgan fingerprint density at radius 2 is 1.59 bits per heavy atom. The second kappa shape index (κ2) is 11.7. The van der Waals surface area contributed by atoms with Crippen LogP contribution in [0.2, 0.25) is 0 Å². The van der Waals surface area contributed by atoms with E-state index in [4.69, 9.17) is 28.4 Å². The van der Waals surface area contributed by atoms with E-state index in [2.05, 4.69) is 10.3 Å². The Morgan fingerprint density at radius 1 is 0.946 bits per heavy atom. The van der Waals surface area contributed by atoms with Crippen molar-refractivity contribution in [1.29, 1.82) is 0 Å². The van der Waals surface area contributed by atoms with Crippen LogP contribution in [-0.2, 0) is 42.9 Å². The topological polar surface area (TPSA) is 169 Å². The van der Waals surface area contributed by atoms with Crippen LogP contribution in [0.4, 0.5) is 0 Å². The molecule has 2 aromatic rings. The number of para-hydroxylation sites is 1. The van der Waals surface area contributed by atoms with Crippen LogP contribution in [0.3, 0.4) is 0 Å². The molecule has 1 aliphatic heterocycles. The second-order valence-corrected chi connectivity index (χ2v) is 8.20. The second-order valence-electron chi connectivity index (χ2n) is 8.20. The van der Waals surface area contributed by atoms with Gasteiger partial charge in [0.2, 0.25) is 12.2 Å². The highest BCUT2D eigenvalue weighted by Crippen LogP contribution is 2.35. The summed E-state index contributed by atoms with van der Waals surface area (Å²) >= 11 is 0. The van der Waals surface area contributed by atoms with E-state index in [9.17, 15) is 24.0 Å². The number of ether oxygens (including phenoxy) is 6. The van der Waals surface area contributed by atoms with Crippen molar-refractivity contribution in [2.45, 2.75) is 58.3 Å². The van der Waals surface area contributed by atoms with Gasteiger partial charge in [-0.3, -0.25) is 19.2 Å². The number of benzene rings is 1. The minimum atomic E-state index is -1.40. The average Bonchev–Trinajstić information content (AvgIpc) is 3.18. The maximum absolute atomic E-state index is 12.5. The maximum atomic E-state index is 12.5. The minimum Gasteiger partial charge on any atom is -0.464 e. The Bertz CT molecular complexity index is 1190. The maximum Gasteiger partial charge on any atom is 0.358 e. The van der Waals surface area contributed by atoms with Gasteiger partial charge in [-0.15, -0.1) is 0 Å². The summed E-state index contributed by atoms with van der Waals surface area (Å²) in [7, 11) is 1.20. The predicted molar refractivity (Wildman–Crippen MR) is 124 cm³/mol. The van der Waals surface area contributed by atoms with Crippen molar-refractivity contribution in [3.05, 3.63) is 30.0 Å². The Morgan fingerprint density at radius 3 is 2.19 bits per heavy atom. The Kier molecular flexibility index (Phi) is 8.71. The lowest BCUT2D eigenvalue weighted by atomic mass is 9.96. The van der Waals surface area contributed by atoms with Gasteiger partial charge in [0.15, 0.2) is 23.7 Å². The fourth-order valence-electron chi connectivity index (χ4n) is 3.99. The van der Waals surface area contributed by atoms with E-state index >= 15 is 0 Å². The summed E-state index contributed by atoms with van der Waals surface area (Å²) in [5.41, 5.74) is 0.520. The summed E-state index contributed by atoms with van der Waals surface area (Å²) in [5.74, 6) is -3.34. The number of aromatic amines is 1. The molecule has 200 valence electrons. The van der Waals surface area contributed by atoms with Crippen LogP contribution in [0.25, 0.3) is 10.9 Å². The number of H-pyrrole nitrogens is 1. The van der Waals surface area contributed by atoms with Crippen LogP contribution in [-0.4, -0.2) is 79.1 Å². The van der Waals surface area contributed by atoms with Gasteiger partial charge in [-0.05, 0) is 12.1 Å². The van der Waals surface area contributed by atoms with E-state index in [0.717, 1.165) is 13.8 Å². The molecule has 1 aliphatic rings. The summed E-state index contributed by atoms with van der Waals surface area (Å²) in [6.45, 7) is 4.28. The highest BCUT2D eigenvalue weighted by molar-refractivity contribution is 6.00. The highest BCUT2D eigenvalue weighted by atomic mass is 16.7. The lowest BCUT2D eigenvalue weighted by Gasteiger charge is -2.44. The van der Waals surface area contributed by atoms with Gasteiger partial charge in [0.05, 0.1) is 7.11 Å². The van der Waals surface area contributed by atoms with Crippen molar-refractivity contribution in [3.8, 4) is 5.75 Å². The van der Waals surface area contributed by atoms with Crippen LogP contribution in [0.15, 0.2) is 24.3 Å². The molecule has 3 rings (SSSR count). The van der Waals surface area contributed by atoms with Crippen molar-refractivity contribution in [3.63, 3.8) is 0 Å². The van der Waals surface area contributed by atoms with E-state index < -0.39 is 67.0 Å². The highest BCUT2D eigenvalue weighted by Gasteiger charge is 2.52. The predicted octanol–water partition coefficient (Wildman–Crippen LogP) is 0.989. The average molecular weight is 520 g/mol. The number of fused-ring (bicyclic) bond motifs is 1. The summed E-state index contributed by atoms with van der Waals surface area (Å²) < 4.78 is 32.9. The molecule has 2 heterocycles. The zero-order chi connectivity index (χ0) is 27.3. The van der Waals surface area contributed by atoms with Crippen LogP contribution >= 0.6 is 0 Å². The van der Waals surface area contributed by atoms with Crippen LogP contribution < -0.4 is 10.1 Å². The molecule has 0 aliphatic carbocycles.